The number of nitrogens with two attached hydrogens (primary N) is 1. The van der Waals surface area contributed by atoms with Crippen LogP contribution in [0.15, 0.2) is 6.20 Å². The minimum Gasteiger partial charge on any atom is -0.480 e. The molecule has 0 spiro atoms. The van der Waals surface area contributed by atoms with Crippen molar-refractivity contribution in [1.29, 1.82) is 0 Å². The van der Waals surface area contributed by atoms with Crippen molar-refractivity contribution in [3.8, 4) is 0 Å². The van der Waals surface area contributed by atoms with Gasteiger partial charge in [-0.1, -0.05) is 19.1 Å². The monoisotopic (exact) mass is 269 g/mol. The summed E-state index contributed by atoms with van der Waals surface area (Å²) < 4.78 is 1.46. The van der Waals surface area contributed by atoms with E-state index in [9.17, 15) is 9.59 Å². The molecule has 0 atom stereocenters. The molecule has 0 radical (unpaired) electrons. The van der Waals surface area contributed by atoms with Gasteiger partial charge >= 0.3 is 5.97 Å². The van der Waals surface area contributed by atoms with Crippen molar-refractivity contribution in [2.45, 2.75) is 20.4 Å². The zero-order valence-electron chi connectivity index (χ0n) is 11.1. The number of carboxylic acids is 1. The van der Waals surface area contributed by atoms with Crippen molar-refractivity contribution in [3.63, 3.8) is 0 Å². The van der Waals surface area contributed by atoms with Crippen LogP contribution in [0.3, 0.4) is 0 Å². The summed E-state index contributed by atoms with van der Waals surface area (Å²) in [6.45, 7) is 4.68. The van der Waals surface area contributed by atoms with Gasteiger partial charge < -0.3 is 15.7 Å². The van der Waals surface area contributed by atoms with Gasteiger partial charge in [0.2, 0.25) is 0 Å². The first-order chi connectivity index (χ1) is 8.93. The second kappa shape index (κ2) is 6.83. The molecule has 0 bridgehead atoms. The first-order valence-corrected chi connectivity index (χ1v) is 6.05. The summed E-state index contributed by atoms with van der Waals surface area (Å²) in [6.07, 6.45) is 1.48. The van der Waals surface area contributed by atoms with Crippen LogP contribution in [-0.4, -0.2) is 56.5 Å². The SMILES string of the molecule is CC(C)CN(CC(=O)O)C(=O)c1cn(CCN)nn1. The number of aromatic nitrogens is 3. The second-order valence-electron chi connectivity index (χ2n) is 4.63. The van der Waals surface area contributed by atoms with Crippen LogP contribution in [0.1, 0.15) is 24.3 Å². The molecule has 8 nitrogen and oxygen atoms in total. The maximum atomic E-state index is 12.1. The average Bonchev–Trinajstić information content (AvgIpc) is 2.75. The predicted octanol–water partition coefficient (Wildman–Crippen LogP) is -0.580. The van der Waals surface area contributed by atoms with E-state index >= 15 is 0 Å². The Morgan fingerprint density at radius 2 is 2.21 bits per heavy atom. The van der Waals surface area contributed by atoms with E-state index in [2.05, 4.69) is 10.3 Å². The van der Waals surface area contributed by atoms with E-state index in [1.54, 1.807) is 0 Å². The molecule has 0 aliphatic heterocycles. The lowest BCUT2D eigenvalue weighted by Gasteiger charge is -2.21. The number of nitrogens with zero attached hydrogens (tertiary/aromatic N) is 4. The lowest BCUT2D eigenvalue weighted by Crippen LogP contribution is -2.38. The Hall–Kier alpha value is -1.96. The first-order valence-electron chi connectivity index (χ1n) is 6.05. The highest BCUT2D eigenvalue weighted by molar-refractivity contribution is 5.93. The highest BCUT2D eigenvalue weighted by Crippen LogP contribution is 2.05. The van der Waals surface area contributed by atoms with Crippen molar-refractivity contribution >= 4 is 11.9 Å². The Balaban J connectivity index is 2.81. The van der Waals surface area contributed by atoms with E-state index in [0.29, 0.717) is 19.6 Å². The summed E-state index contributed by atoms with van der Waals surface area (Å²) in [5.74, 6) is -1.31. The minimum absolute atomic E-state index is 0.135. The largest absolute Gasteiger partial charge is 0.480 e. The smallest absolute Gasteiger partial charge is 0.323 e. The normalized spacial score (nSPS) is 10.7. The Bertz CT molecular complexity index is 443. The van der Waals surface area contributed by atoms with Gasteiger partial charge in [0, 0.05) is 13.1 Å². The van der Waals surface area contributed by atoms with Gasteiger partial charge in [0.05, 0.1) is 12.7 Å². The van der Waals surface area contributed by atoms with Gasteiger partial charge in [-0.3, -0.25) is 14.3 Å². The molecule has 0 aromatic carbocycles. The number of aliphatic carboxylic acids is 1. The van der Waals surface area contributed by atoms with E-state index in [-0.39, 0.29) is 18.2 Å². The van der Waals surface area contributed by atoms with E-state index in [0.717, 1.165) is 0 Å². The van der Waals surface area contributed by atoms with Gasteiger partial charge in [-0.15, -0.1) is 5.10 Å². The van der Waals surface area contributed by atoms with Gasteiger partial charge in [-0.25, -0.2) is 0 Å². The summed E-state index contributed by atoms with van der Waals surface area (Å²) in [4.78, 5) is 24.2. The summed E-state index contributed by atoms with van der Waals surface area (Å²) in [7, 11) is 0. The molecular weight excluding hydrogens is 250 g/mol. The van der Waals surface area contributed by atoms with Crippen molar-refractivity contribution < 1.29 is 14.7 Å². The Morgan fingerprint density at radius 3 is 2.74 bits per heavy atom. The quantitative estimate of drug-likeness (QED) is 0.684. The van der Waals surface area contributed by atoms with Crippen LogP contribution in [0, 0.1) is 5.92 Å². The van der Waals surface area contributed by atoms with Crippen LogP contribution in [0.4, 0.5) is 0 Å². The van der Waals surface area contributed by atoms with Crippen molar-refractivity contribution in [3.05, 3.63) is 11.9 Å². The fraction of sp³-hybridized carbons (Fsp3) is 0.636. The standard InChI is InChI=1S/C11H19N5O3/c1-8(2)5-15(7-10(17)18)11(19)9-6-16(4-3-12)14-13-9/h6,8H,3-5,7,12H2,1-2H3,(H,17,18). The molecule has 0 saturated carbocycles. The second-order valence-corrected chi connectivity index (χ2v) is 4.63. The zero-order valence-corrected chi connectivity index (χ0v) is 11.1. The summed E-state index contributed by atoms with van der Waals surface area (Å²) in [5.41, 5.74) is 5.51. The number of hydrogen-bond acceptors (Lipinski definition) is 5. The minimum atomic E-state index is -1.05. The number of rotatable bonds is 7. The molecule has 0 aliphatic carbocycles. The Morgan fingerprint density at radius 1 is 1.53 bits per heavy atom. The van der Waals surface area contributed by atoms with Crippen LogP contribution >= 0.6 is 0 Å². The lowest BCUT2D eigenvalue weighted by atomic mass is 10.2. The Kier molecular flexibility index (Phi) is 5.43. The van der Waals surface area contributed by atoms with Crippen molar-refractivity contribution in [2.75, 3.05) is 19.6 Å². The van der Waals surface area contributed by atoms with E-state index in [4.69, 9.17) is 10.8 Å². The first kappa shape index (κ1) is 15.1. The Labute approximate surface area is 111 Å². The van der Waals surface area contributed by atoms with Gasteiger partial charge in [0.25, 0.3) is 5.91 Å². The zero-order chi connectivity index (χ0) is 14.4. The summed E-state index contributed by atoms with van der Waals surface area (Å²) in [6, 6.07) is 0. The van der Waals surface area contributed by atoms with Crippen molar-refractivity contribution in [2.24, 2.45) is 11.7 Å². The molecule has 8 heteroatoms. The predicted molar refractivity (Wildman–Crippen MR) is 67.5 cm³/mol. The van der Waals surface area contributed by atoms with Gasteiger partial charge in [0.15, 0.2) is 5.69 Å². The van der Waals surface area contributed by atoms with Crippen molar-refractivity contribution in [1.82, 2.24) is 19.9 Å². The fourth-order valence-electron chi connectivity index (χ4n) is 1.62. The summed E-state index contributed by atoms with van der Waals surface area (Å²) >= 11 is 0. The van der Waals surface area contributed by atoms with Crippen LogP contribution < -0.4 is 5.73 Å². The molecule has 1 heterocycles. The van der Waals surface area contributed by atoms with Crippen LogP contribution in [0.5, 0.6) is 0 Å². The number of carbonyl (C=O) groups excluding carboxylic acids is 1. The molecule has 0 aliphatic rings. The molecule has 106 valence electrons. The van der Waals surface area contributed by atoms with Crippen LogP contribution in [0.2, 0.25) is 0 Å². The third-order valence-electron chi connectivity index (χ3n) is 2.31. The highest BCUT2D eigenvalue weighted by atomic mass is 16.4. The van der Waals surface area contributed by atoms with Crippen LogP contribution in [-0.2, 0) is 11.3 Å². The molecule has 0 fully saturated rings. The third kappa shape index (κ3) is 4.66. The molecule has 3 N–H and O–H groups in total. The molecule has 0 unspecified atom stereocenters. The molecule has 1 rings (SSSR count). The maximum Gasteiger partial charge on any atom is 0.323 e. The third-order valence-corrected chi connectivity index (χ3v) is 2.31. The fourth-order valence-corrected chi connectivity index (χ4v) is 1.62. The molecule has 0 saturated heterocycles. The van der Waals surface area contributed by atoms with Crippen LogP contribution in [0.25, 0.3) is 0 Å². The lowest BCUT2D eigenvalue weighted by molar-refractivity contribution is -0.137. The van der Waals surface area contributed by atoms with Gasteiger partial charge in [0.1, 0.15) is 6.54 Å². The molecule has 1 amide bonds. The summed E-state index contributed by atoms with van der Waals surface area (Å²) in [5, 5.41) is 16.3. The molecule has 1 aromatic rings. The number of hydrogen-bond donors (Lipinski definition) is 2. The molecule has 19 heavy (non-hydrogen) atoms. The maximum absolute atomic E-state index is 12.1. The van der Waals surface area contributed by atoms with E-state index < -0.39 is 11.9 Å². The number of amides is 1. The topological polar surface area (TPSA) is 114 Å². The number of carbonyl (C=O) groups is 2. The van der Waals surface area contributed by atoms with Gasteiger partial charge in [-0.05, 0) is 5.92 Å². The van der Waals surface area contributed by atoms with E-state index in [1.165, 1.54) is 15.8 Å². The molecule has 1 aromatic heterocycles. The van der Waals surface area contributed by atoms with E-state index in [1.807, 2.05) is 13.8 Å². The number of carboxylic acid groups (broad SMARTS) is 1. The molecular formula is C11H19N5O3. The average molecular weight is 269 g/mol. The van der Waals surface area contributed by atoms with Gasteiger partial charge in [-0.2, -0.15) is 0 Å². The highest BCUT2D eigenvalue weighted by Gasteiger charge is 2.22.